The molecule has 31 heavy (non-hydrogen) atoms. The number of nitrogens with one attached hydrogen (secondary N) is 2. The van der Waals surface area contributed by atoms with Crippen LogP contribution in [0.1, 0.15) is 11.3 Å². The van der Waals surface area contributed by atoms with Crippen LogP contribution in [-0.4, -0.2) is 39.7 Å². The van der Waals surface area contributed by atoms with Crippen molar-refractivity contribution in [3.63, 3.8) is 0 Å². The molecule has 11 heteroatoms. The smallest absolute Gasteiger partial charge is 0.487 e. The molecule has 168 valence electrons. The van der Waals surface area contributed by atoms with Crippen molar-refractivity contribution in [2.24, 2.45) is 0 Å². The highest BCUT2D eigenvalue weighted by atomic mass is 35.5. The summed E-state index contributed by atoms with van der Waals surface area (Å²) in [5.74, 6) is 0.608. The van der Waals surface area contributed by atoms with Crippen molar-refractivity contribution in [2.75, 3.05) is 20.8 Å². The minimum Gasteiger partial charge on any atom is -0.493 e. The monoisotopic (exact) mass is 474 g/mol. The Kier molecular flexibility index (Phi) is 6.63. The first-order chi connectivity index (χ1) is 14.5. The molecular weight excluding hydrogens is 454 g/mol. The average Bonchev–Trinajstić information content (AvgIpc) is 3.01. The second kappa shape index (κ2) is 8.89. The van der Waals surface area contributed by atoms with Crippen molar-refractivity contribution in [2.45, 2.75) is 23.8 Å². The van der Waals surface area contributed by atoms with E-state index < -0.39 is 15.6 Å². The van der Waals surface area contributed by atoms with Crippen molar-refractivity contribution in [3.8, 4) is 17.2 Å². The van der Waals surface area contributed by atoms with Crippen LogP contribution in [0.2, 0.25) is 0 Å². The SMILES string of the molecule is COc1ccc(S(=O)(=O)NCCc2c(C)[nH]c3ccc(OC(F)(F)Cl)cc23)cc1OC. The number of hydrogen-bond donors (Lipinski definition) is 2. The van der Waals surface area contributed by atoms with E-state index in [0.717, 1.165) is 11.3 Å². The third-order valence-corrected chi connectivity index (χ3v) is 6.19. The Bertz CT molecular complexity index is 1190. The van der Waals surface area contributed by atoms with Gasteiger partial charge in [0.2, 0.25) is 10.0 Å². The fourth-order valence-electron chi connectivity index (χ4n) is 3.26. The van der Waals surface area contributed by atoms with E-state index in [-0.39, 0.29) is 17.2 Å². The lowest BCUT2D eigenvalue weighted by molar-refractivity contribution is -0.0964. The number of rotatable bonds is 9. The van der Waals surface area contributed by atoms with Crippen molar-refractivity contribution < 1.29 is 31.4 Å². The third kappa shape index (κ3) is 5.38. The molecule has 1 heterocycles. The predicted octanol–water partition coefficient (Wildman–Crippen LogP) is 4.18. The van der Waals surface area contributed by atoms with Gasteiger partial charge in [0.15, 0.2) is 11.5 Å². The van der Waals surface area contributed by atoms with Crippen LogP contribution >= 0.6 is 11.6 Å². The molecular formula is C20H21ClF2N2O5S. The highest BCUT2D eigenvalue weighted by Gasteiger charge is 2.28. The zero-order chi connectivity index (χ0) is 22.8. The second-order valence-corrected chi connectivity index (χ2v) is 8.86. The molecule has 0 saturated heterocycles. The lowest BCUT2D eigenvalue weighted by Gasteiger charge is -2.12. The Morgan fingerprint density at radius 2 is 1.81 bits per heavy atom. The van der Waals surface area contributed by atoms with E-state index in [2.05, 4.69) is 14.4 Å². The summed E-state index contributed by atoms with van der Waals surface area (Å²) in [6.45, 7) is 1.90. The molecule has 0 unspecified atom stereocenters. The summed E-state index contributed by atoms with van der Waals surface area (Å²) in [7, 11) is -0.933. The normalized spacial score (nSPS) is 12.2. The zero-order valence-corrected chi connectivity index (χ0v) is 18.5. The number of aromatic amines is 1. The molecule has 0 saturated carbocycles. The van der Waals surface area contributed by atoms with E-state index in [1.807, 2.05) is 6.92 Å². The highest BCUT2D eigenvalue weighted by molar-refractivity contribution is 7.89. The first-order valence-corrected chi connectivity index (χ1v) is 11.0. The van der Waals surface area contributed by atoms with Gasteiger partial charge >= 0.3 is 5.57 Å². The maximum absolute atomic E-state index is 13.0. The fourth-order valence-corrected chi connectivity index (χ4v) is 4.39. The maximum atomic E-state index is 13.0. The molecule has 3 rings (SSSR count). The standard InChI is InChI=1S/C20H21ClF2N2O5S/c1-12-15(16-10-13(30-20(21,22)23)4-6-17(16)25-12)8-9-24-31(26,27)14-5-7-18(28-2)19(11-14)29-3/h4-7,10-11,24-25H,8-9H2,1-3H3. The molecule has 0 fully saturated rings. The van der Waals surface area contributed by atoms with Crippen LogP contribution in [0, 0.1) is 6.92 Å². The van der Waals surface area contributed by atoms with Crippen molar-refractivity contribution >= 4 is 32.5 Å². The van der Waals surface area contributed by atoms with Gasteiger partial charge in [-0.25, -0.2) is 13.1 Å². The summed E-state index contributed by atoms with van der Waals surface area (Å²) in [4.78, 5) is 3.17. The fraction of sp³-hybridized carbons (Fsp3) is 0.300. The number of methoxy groups -OCH3 is 2. The molecule has 0 atom stereocenters. The molecule has 2 aromatic carbocycles. The van der Waals surface area contributed by atoms with Gasteiger partial charge in [0.25, 0.3) is 0 Å². The molecule has 1 aromatic heterocycles. The molecule has 0 aliphatic heterocycles. The van der Waals surface area contributed by atoms with Gasteiger partial charge in [-0.3, -0.25) is 0 Å². The van der Waals surface area contributed by atoms with Crippen molar-refractivity contribution in [3.05, 3.63) is 47.7 Å². The number of alkyl halides is 3. The van der Waals surface area contributed by atoms with E-state index >= 15 is 0 Å². The first-order valence-electron chi connectivity index (χ1n) is 9.12. The lowest BCUT2D eigenvalue weighted by Crippen LogP contribution is -2.26. The molecule has 0 radical (unpaired) electrons. The van der Waals surface area contributed by atoms with E-state index in [0.29, 0.717) is 28.8 Å². The Labute approximate surface area is 183 Å². The Morgan fingerprint density at radius 1 is 1.10 bits per heavy atom. The predicted molar refractivity (Wildman–Crippen MR) is 113 cm³/mol. The van der Waals surface area contributed by atoms with Crippen LogP contribution in [0.25, 0.3) is 10.9 Å². The lowest BCUT2D eigenvalue weighted by atomic mass is 10.1. The van der Waals surface area contributed by atoms with Gasteiger partial charge in [-0.2, -0.15) is 0 Å². The molecule has 0 aliphatic carbocycles. The molecule has 3 aromatic rings. The third-order valence-electron chi connectivity index (χ3n) is 4.66. The minimum absolute atomic E-state index is 0.0285. The van der Waals surface area contributed by atoms with Crippen LogP contribution in [0.4, 0.5) is 8.78 Å². The molecule has 0 aliphatic rings. The van der Waals surface area contributed by atoms with Gasteiger partial charge in [-0.05, 0) is 49.2 Å². The van der Waals surface area contributed by atoms with Gasteiger partial charge in [0, 0.05) is 40.8 Å². The van der Waals surface area contributed by atoms with Crippen LogP contribution in [0.15, 0.2) is 41.3 Å². The van der Waals surface area contributed by atoms with E-state index in [4.69, 9.17) is 21.1 Å². The number of aromatic nitrogens is 1. The molecule has 7 nitrogen and oxygen atoms in total. The average molecular weight is 475 g/mol. The van der Waals surface area contributed by atoms with Crippen molar-refractivity contribution in [1.82, 2.24) is 9.71 Å². The zero-order valence-electron chi connectivity index (χ0n) is 17.0. The van der Waals surface area contributed by atoms with Gasteiger partial charge in [-0.15, -0.1) is 8.78 Å². The largest absolute Gasteiger partial charge is 0.493 e. The summed E-state index contributed by atoms with van der Waals surface area (Å²) in [6, 6.07) is 8.69. The molecule has 0 bridgehead atoms. The number of fused-ring (bicyclic) bond motifs is 1. The van der Waals surface area contributed by atoms with Crippen LogP contribution < -0.4 is 18.9 Å². The minimum atomic E-state index is -3.83. The van der Waals surface area contributed by atoms with Gasteiger partial charge < -0.3 is 19.2 Å². The number of ether oxygens (including phenoxy) is 3. The van der Waals surface area contributed by atoms with Crippen LogP contribution in [0.3, 0.4) is 0 Å². The number of H-pyrrole nitrogens is 1. The second-order valence-electron chi connectivity index (χ2n) is 6.65. The Morgan fingerprint density at radius 3 is 2.45 bits per heavy atom. The topological polar surface area (TPSA) is 89.7 Å². The first kappa shape index (κ1) is 23.1. The van der Waals surface area contributed by atoms with Crippen molar-refractivity contribution in [1.29, 1.82) is 0 Å². The number of halogens is 3. The van der Waals surface area contributed by atoms with E-state index in [1.54, 1.807) is 6.07 Å². The number of benzene rings is 2. The Hall–Kier alpha value is -2.56. The summed E-state index contributed by atoms with van der Waals surface area (Å²) in [5, 5.41) is 0.640. The maximum Gasteiger partial charge on any atom is 0.487 e. The summed E-state index contributed by atoms with van der Waals surface area (Å²) in [6.07, 6.45) is 0.319. The number of aryl methyl sites for hydroxylation is 1. The van der Waals surface area contributed by atoms with Gasteiger partial charge in [-0.1, -0.05) is 0 Å². The summed E-state index contributed by atoms with van der Waals surface area (Å²) in [5.41, 5.74) is -1.56. The van der Waals surface area contributed by atoms with Gasteiger partial charge in [0.1, 0.15) is 5.75 Å². The summed E-state index contributed by atoms with van der Waals surface area (Å²) < 4.78 is 68.4. The van der Waals surface area contributed by atoms with Crippen LogP contribution in [0.5, 0.6) is 17.2 Å². The molecule has 0 spiro atoms. The quantitative estimate of drug-likeness (QED) is 0.454. The molecule has 0 amide bonds. The highest BCUT2D eigenvalue weighted by Crippen LogP contribution is 2.31. The van der Waals surface area contributed by atoms with Crippen LogP contribution in [-0.2, 0) is 16.4 Å². The summed E-state index contributed by atoms with van der Waals surface area (Å²) >= 11 is 4.84. The van der Waals surface area contributed by atoms with E-state index in [9.17, 15) is 17.2 Å². The van der Waals surface area contributed by atoms with Gasteiger partial charge in [0.05, 0.1) is 19.1 Å². The number of hydrogen-bond acceptors (Lipinski definition) is 5. The Balaban J connectivity index is 1.78. The number of sulfonamides is 1. The molecule has 2 N–H and O–H groups in total. The van der Waals surface area contributed by atoms with E-state index in [1.165, 1.54) is 44.6 Å².